The van der Waals surface area contributed by atoms with Gasteiger partial charge < -0.3 is 10.6 Å². The van der Waals surface area contributed by atoms with Crippen molar-refractivity contribution in [3.8, 4) is 0 Å². The monoisotopic (exact) mass is 351 g/mol. The molecule has 0 aromatic heterocycles. The van der Waals surface area contributed by atoms with Gasteiger partial charge in [-0.25, -0.2) is 0 Å². The van der Waals surface area contributed by atoms with Crippen molar-refractivity contribution in [2.45, 2.75) is 6.42 Å². The molecule has 1 fully saturated rings. The first-order chi connectivity index (χ1) is 9.60. The molecule has 118 valence electrons. The Labute approximate surface area is 141 Å². The fourth-order valence-corrected chi connectivity index (χ4v) is 3.00. The van der Waals surface area contributed by atoms with Crippen molar-refractivity contribution in [1.29, 1.82) is 0 Å². The van der Waals surface area contributed by atoms with Crippen LogP contribution in [-0.2, 0) is 4.79 Å². The minimum atomic E-state index is -0.0786. The zero-order valence-corrected chi connectivity index (χ0v) is 14.2. The molecule has 0 radical (unpaired) electrons. The van der Waals surface area contributed by atoms with Crippen LogP contribution in [0.4, 0.5) is 5.69 Å². The highest BCUT2D eigenvalue weighted by atomic mass is 35.5. The summed E-state index contributed by atoms with van der Waals surface area (Å²) in [6, 6.07) is 5.17. The van der Waals surface area contributed by atoms with E-state index in [-0.39, 0.29) is 18.3 Å². The van der Waals surface area contributed by atoms with Gasteiger partial charge in [0, 0.05) is 6.54 Å². The Bertz CT molecular complexity index is 464. The quantitative estimate of drug-likeness (QED) is 0.856. The van der Waals surface area contributed by atoms with Crippen LogP contribution >= 0.6 is 35.6 Å². The number of likely N-dealkylation sites (tertiary alicyclic amines) is 1. The summed E-state index contributed by atoms with van der Waals surface area (Å²) in [7, 11) is 1.95. The van der Waals surface area contributed by atoms with Crippen molar-refractivity contribution in [2.24, 2.45) is 5.92 Å². The number of amides is 1. The second-order valence-corrected chi connectivity index (χ2v) is 5.91. The summed E-state index contributed by atoms with van der Waals surface area (Å²) in [6.07, 6.45) is 1.13. The number of hydrogen-bond acceptors (Lipinski definition) is 3. The number of halogens is 3. The van der Waals surface area contributed by atoms with E-state index in [1.807, 2.05) is 7.05 Å². The maximum atomic E-state index is 12.1. The zero-order valence-electron chi connectivity index (χ0n) is 11.9. The first-order valence-electron chi connectivity index (χ1n) is 6.71. The molecule has 21 heavy (non-hydrogen) atoms. The van der Waals surface area contributed by atoms with Gasteiger partial charge in [0.2, 0.25) is 5.91 Å². The lowest BCUT2D eigenvalue weighted by molar-refractivity contribution is -0.117. The molecule has 1 aromatic rings. The Hall–Kier alpha value is -0.520. The number of nitrogens with one attached hydrogen (secondary N) is 2. The maximum Gasteiger partial charge on any atom is 0.238 e. The Kier molecular flexibility index (Phi) is 7.77. The van der Waals surface area contributed by atoms with E-state index < -0.39 is 0 Å². The number of benzene rings is 1. The standard InChI is InChI=1S/C14H19Cl2N3O.ClH/c1-17-7-10-5-6-19(8-10)9-13(20)18-14-11(15)3-2-4-12(14)16;/h2-4,10,17H,5-9H2,1H3,(H,18,20);1H. The molecule has 2 N–H and O–H groups in total. The number of para-hydroxylation sites is 1. The predicted molar refractivity (Wildman–Crippen MR) is 90.8 cm³/mol. The third-order valence-corrected chi connectivity index (χ3v) is 4.09. The number of rotatable bonds is 5. The molecule has 1 aliphatic rings. The normalized spacial score (nSPS) is 18.3. The van der Waals surface area contributed by atoms with E-state index in [0.717, 1.165) is 26.1 Å². The smallest absolute Gasteiger partial charge is 0.238 e. The number of carbonyl (C=O) groups is 1. The van der Waals surface area contributed by atoms with Gasteiger partial charge >= 0.3 is 0 Å². The molecule has 1 unspecified atom stereocenters. The van der Waals surface area contributed by atoms with Gasteiger partial charge in [0.15, 0.2) is 0 Å². The van der Waals surface area contributed by atoms with Crippen LogP contribution in [-0.4, -0.2) is 44.0 Å². The molecular weight excluding hydrogens is 333 g/mol. The Morgan fingerprint density at radius 2 is 2.05 bits per heavy atom. The lowest BCUT2D eigenvalue weighted by atomic mass is 10.1. The van der Waals surface area contributed by atoms with Gasteiger partial charge in [0.25, 0.3) is 0 Å². The van der Waals surface area contributed by atoms with Crippen LogP contribution in [0.5, 0.6) is 0 Å². The summed E-state index contributed by atoms with van der Waals surface area (Å²) >= 11 is 12.1. The molecular formula is C14H20Cl3N3O. The Balaban J connectivity index is 0.00000220. The second-order valence-electron chi connectivity index (χ2n) is 5.09. The average molecular weight is 353 g/mol. The number of anilines is 1. The van der Waals surface area contributed by atoms with Crippen molar-refractivity contribution in [1.82, 2.24) is 10.2 Å². The van der Waals surface area contributed by atoms with Gasteiger partial charge in [-0.3, -0.25) is 9.69 Å². The number of carbonyl (C=O) groups excluding carboxylic acids is 1. The van der Waals surface area contributed by atoms with Crippen LogP contribution in [0.2, 0.25) is 10.0 Å². The van der Waals surface area contributed by atoms with Crippen LogP contribution in [0.15, 0.2) is 18.2 Å². The van der Waals surface area contributed by atoms with Gasteiger partial charge in [-0.15, -0.1) is 12.4 Å². The molecule has 1 amide bonds. The molecule has 7 heteroatoms. The molecule has 0 spiro atoms. The van der Waals surface area contributed by atoms with Crippen molar-refractivity contribution >= 4 is 47.2 Å². The highest BCUT2D eigenvalue weighted by Crippen LogP contribution is 2.29. The largest absolute Gasteiger partial charge is 0.322 e. The molecule has 1 aromatic carbocycles. The lowest BCUT2D eigenvalue weighted by Gasteiger charge is -2.16. The van der Waals surface area contributed by atoms with Crippen molar-refractivity contribution in [3.63, 3.8) is 0 Å². The zero-order chi connectivity index (χ0) is 14.5. The van der Waals surface area contributed by atoms with Gasteiger partial charge in [-0.05, 0) is 44.6 Å². The van der Waals surface area contributed by atoms with Gasteiger partial charge in [-0.2, -0.15) is 0 Å². The van der Waals surface area contributed by atoms with Crippen molar-refractivity contribution < 1.29 is 4.79 Å². The van der Waals surface area contributed by atoms with Crippen LogP contribution < -0.4 is 10.6 Å². The van der Waals surface area contributed by atoms with Gasteiger partial charge in [0.05, 0.1) is 22.3 Å². The minimum absolute atomic E-state index is 0. The Morgan fingerprint density at radius 3 is 2.67 bits per heavy atom. The minimum Gasteiger partial charge on any atom is -0.322 e. The highest BCUT2D eigenvalue weighted by molar-refractivity contribution is 6.39. The van der Waals surface area contributed by atoms with E-state index in [1.165, 1.54) is 0 Å². The maximum absolute atomic E-state index is 12.1. The SMILES string of the molecule is CNCC1CCN(CC(=O)Nc2c(Cl)cccc2Cl)C1.Cl. The fourth-order valence-electron chi connectivity index (χ4n) is 2.51. The molecule has 1 aliphatic heterocycles. The van der Waals surface area contributed by atoms with Crippen molar-refractivity contribution in [2.75, 3.05) is 38.5 Å². The summed E-state index contributed by atoms with van der Waals surface area (Å²) < 4.78 is 0. The molecule has 4 nitrogen and oxygen atoms in total. The van der Waals surface area contributed by atoms with Gasteiger partial charge in [-0.1, -0.05) is 29.3 Å². The van der Waals surface area contributed by atoms with E-state index >= 15 is 0 Å². The van der Waals surface area contributed by atoms with Crippen molar-refractivity contribution in [3.05, 3.63) is 28.2 Å². The molecule has 1 atom stereocenters. The lowest BCUT2D eigenvalue weighted by Crippen LogP contribution is -2.32. The van der Waals surface area contributed by atoms with E-state index in [1.54, 1.807) is 18.2 Å². The third kappa shape index (κ3) is 5.31. The van der Waals surface area contributed by atoms with E-state index in [0.29, 0.717) is 28.2 Å². The molecule has 2 rings (SSSR count). The van der Waals surface area contributed by atoms with Crippen LogP contribution in [0.3, 0.4) is 0 Å². The molecule has 0 aliphatic carbocycles. The topological polar surface area (TPSA) is 44.4 Å². The van der Waals surface area contributed by atoms with E-state index in [2.05, 4.69) is 15.5 Å². The molecule has 1 saturated heterocycles. The van der Waals surface area contributed by atoms with Crippen LogP contribution in [0.1, 0.15) is 6.42 Å². The van der Waals surface area contributed by atoms with E-state index in [4.69, 9.17) is 23.2 Å². The van der Waals surface area contributed by atoms with Crippen LogP contribution in [0.25, 0.3) is 0 Å². The second kappa shape index (κ2) is 8.81. The molecule has 0 saturated carbocycles. The predicted octanol–water partition coefficient (Wildman–Crippen LogP) is 2.90. The summed E-state index contributed by atoms with van der Waals surface area (Å²) in [6.45, 7) is 3.27. The summed E-state index contributed by atoms with van der Waals surface area (Å²) in [5.41, 5.74) is 0.492. The van der Waals surface area contributed by atoms with E-state index in [9.17, 15) is 4.79 Å². The molecule has 1 heterocycles. The number of nitrogens with zero attached hydrogens (tertiary/aromatic N) is 1. The van der Waals surface area contributed by atoms with Crippen LogP contribution in [0, 0.1) is 5.92 Å². The molecule has 0 bridgehead atoms. The summed E-state index contributed by atoms with van der Waals surface area (Å²) in [5, 5.41) is 6.89. The first kappa shape index (κ1) is 18.5. The highest BCUT2D eigenvalue weighted by Gasteiger charge is 2.23. The third-order valence-electron chi connectivity index (χ3n) is 3.46. The summed E-state index contributed by atoms with van der Waals surface area (Å²) in [5.74, 6) is 0.543. The Morgan fingerprint density at radius 1 is 1.38 bits per heavy atom. The van der Waals surface area contributed by atoms with Gasteiger partial charge in [0.1, 0.15) is 0 Å². The average Bonchev–Trinajstić information content (AvgIpc) is 2.82. The summed E-state index contributed by atoms with van der Waals surface area (Å²) in [4.78, 5) is 14.2. The number of hydrogen-bond donors (Lipinski definition) is 2. The first-order valence-corrected chi connectivity index (χ1v) is 7.46. The fraction of sp³-hybridized carbons (Fsp3) is 0.500.